The van der Waals surface area contributed by atoms with E-state index in [1.807, 2.05) is 6.07 Å². The van der Waals surface area contributed by atoms with Crippen LogP contribution in [0.2, 0.25) is 0 Å². The molecule has 0 saturated carbocycles. The molecule has 0 spiro atoms. The topological polar surface area (TPSA) is 90.9 Å². The van der Waals surface area contributed by atoms with Crippen molar-refractivity contribution >= 4 is 17.9 Å². The number of piperidine rings is 1. The third kappa shape index (κ3) is 6.67. The smallest absolute Gasteiger partial charge is 0.267 e. The fraction of sp³-hybridized carbons (Fsp3) is 0.333. The fourth-order valence-electron chi connectivity index (χ4n) is 3.73. The molecule has 1 fully saturated rings. The number of hydrogen-bond acceptors (Lipinski definition) is 5. The van der Waals surface area contributed by atoms with Crippen LogP contribution in [0.4, 0.5) is 0 Å². The van der Waals surface area contributed by atoms with Gasteiger partial charge < -0.3 is 10.1 Å². The van der Waals surface area contributed by atoms with Gasteiger partial charge in [0.25, 0.3) is 11.8 Å². The highest BCUT2D eigenvalue weighted by Crippen LogP contribution is 2.22. The summed E-state index contributed by atoms with van der Waals surface area (Å²) >= 11 is 0. The Balaban J connectivity index is 1.49. The predicted molar refractivity (Wildman–Crippen MR) is 119 cm³/mol. The SMILES string of the molecule is COc1cc(/C=C/C(=O)NO)ccc1C(=O)NCC1CCN(Cc2ccccc2)CC1. The van der Waals surface area contributed by atoms with Crippen molar-refractivity contribution in [2.75, 3.05) is 26.7 Å². The summed E-state index contributed by atoms with van der Waals surface area (Å²) in [4.78, 5) is 26.3. The van der Waals surface area contributed by atoms with Crippen molar-refractivity contribution in [2.24, 2.45) is 5.92 Å². The Labute approximate surface area is 182 Å². The first-order valence-corrected chi connectivity index (χ1v) is 10.4. The average Bonchev–Trinajstić information content (AvgIpc) is 2.82. The van der Waals surface area contributed by atoms with Gasteiger partial charge in [0, 0.05) is 19.2 Å². The standard InChI is InChI=1S/C24H29N3O4/c1-31-22-15-18(8-10-23(28)26-30)7-9-21(22)24(29)25-16-19-11-13-27(14-12-19)17-20-5-3-2-4-6-20/h2-10,15,19,30H,11-14,16-17H2,1H3,(H,25,29)(H,26,28)/b10-8+. The van der Waals surface area contributed by atoms with Crippen molar-refractivity contribution in [3.63, 3.8) is 0 Å². The summed E-state index contributed by atoms with van der Waals surface area (Å²) in [6.07, 6.45) is 4.83. The lowest BCUT2D eigenvalue weighted by molar-refractivity contribution is -0.124. The van der Waals surface area contributed by atoms with Gasteiger partial charge in [-0.25, -0.2) is 5.48 Å². The molecule has 0 aromatic heterocycles. The van der Waals surface area contributed by atoms with Gasteiger partial charge in [0.2, 0.25) is 0 Å². The number of hydrogen-bond donors (Lipinski definition) is 3. The molecule has 1 aliphatic heterocycles. The third-order valence-corrected chi connectivity index (χ3v) is 5.52. The molecule has 2 amide bonds. The molecule has 164 valence electrons. The van der Waals surface area contributed by atoms with Crippen molar-refractivity contribution in [1.82, 2.24) is 15.7 Å². The highest BCUT2D eigenvalue weighted by Gasteiger charge is 2.21. The number of hydroxylamine groups is 1. The molecule has 7 heteroatoms. The highest BCUT2D eigenvalue weighted by atomic mass is 16.5. The Morgan fingerprint density at radius 2 is 1.90 bits per heavy atom. The minimum atomic E-state index is -0.629. The number of rotatable bonds is 8. The van der Waals surface area contributed by atoms with Gasteiger partial charge in [0.1, 0.15) is 5.75 Å². The molecule has 1 aliphatic rings. The molecule has 31 heavy (non-hydrogen) atoms. The molecular formula is C24H29N3O4. The molecule has 2 aromatic carbocycles. The lowest BCUT2D eigenvalue weighted by Crippen LogP contribution is -2.38. The van der Waals surface area contributed by atoms with E-state index in [2.05, 4.69) is 34.5 Å². The molecule has 1 heterocycles. The van der Waals surface area contributed by atoms with E-state index in [9.17, 15) is 9.59 Å². The molecule has 3 rings (SSSR count). The molecule has 1 saturated heterocycles. The van der Waals surface area contributed by atoms with Crippen LogP contribution in [-0.2, 0) is 11.3 Å². The quantitative estimate of drug-likeness (QED) is 0.345. The van der Waals surface area contributed by atoms with Crippen molar-refractivity contribution in [3.8, 4) is 5.75 Å². The van der Waals surface area contributed by atoms with Crippen molar-refractivity contribution in [1.29, 1.82) is 0 Å². The minimum absolute atomic E-state index is 0.174. The van der Waals surface area contributed by atoms with Crippen molar-refractivity contribution in [2.45, 2.75) is 19.4 Å². The van der Waals surface area contributed by atoms with E-state index in [0.29, 0.717) is 29.3 Å². The first-order valence-electron chi connectivity index (χ1n) is 10.4. The second-order valence-electron chi connectivity index (χ2n) is 7.68. The number of nitrogens with zero attached hydrogens (tertiary/aromatic N) is 1. The zero-order valence-corrected chi connectivity index (χ0v) is 17.7. The summed E-state index contributed by atoms with van der Waals surface area (Å²) in [6.45, 7) is 3.67. The van der Waals surface area contributed by atoms with Crippen LogP contribution in [0.1, 0.15) is 34.3 Å². The number of benzene rings is 2. The van der Waals surface area contributed by atoms with Gasteiger partial charge >= 0.3 is 0 Å². The Hall–Kier alpha value is -3.16. The maximum atomic E-state index is 12.7. The van der Waals surface area contributed by atoms with E-state index in [1.165, 1.54) is 30.3 Å². The average molecular weight is 424 g/mol. The maximum absolute atomic E-state index is 12.7. The summed E-state index contributed by atoms with van der Waals surface area (Å²) in [5.74, 6) is 0.0886. The molecule has 0 radical (unpaired) electrons. The number of amides is 2. The molecule has 0 bridgehead atoms. The van der Waals surface area contributed by atoms with Crippen LogP contribution in [0.5, 0.6) is 5.75 Å². The molecule has 7 nitrogen and oxygen atoms in total. The van der Waals surface area contributed by atoms with Crippen LogP contribution >= 0.6 is 0 Å². The van der Waals surface area contributed by atoms with Crippen molar-refractivity contribution < 1.29 is 19.5 Å². The van der Waals surface area contributed by atoms with E-state index in [0.717, 1.165) is 32.5 Å². The first kappa shape index (κ1) is 22.5. The second kappa shape index (κ2) is 11.3. The van der Waals surface area contributed by atoms with Crippen molar-refractivity contribution in [3.05, 3.63) is 71.3 Å². The number of nitrogens with one attached hydrogen (secondary N) is 2. The molecule has 0 aliphatic carbocycles. The van der Waals surface area contributed by atoms with Gasteiger partial charge in [0.15, 0.2) is 0 Å². The summed E-state index contributed by atoms with van der Waals surface area (Å²) in [7, 11) is 1.50. The Bertz CT molecular complexity index is 906. The zero-order chi connectivity index (χ0) is 22.1. The predicted octanol–water partition coefficient (Wildman–Crippen LogP) is 2.86. The Morgan fingerprint density at radius 3 is 2.58 bits per heavy atom. The van der Waals surface area contributed by atoms with Gasteiger partial charge in [0.05, 0.1) is 12.7 Å². The molecule has 2 aromatic rings. The number of carbonyl (C=O) groups excluding carboxylic acids is 2. The monoisotopic (exact) mass is 423 g/mol. The molecule has 0 atom stereocenters. The van der Waals surface area contributed by atoms with Gasteiger partial charge in [-0.2, -0.15) is 0 Å². The maximum Gasteiger partial charge on any atom is 0.267 e. The van der Waals surface area contributed by atoms with Crippen LogP contribution in [0.15, 0.2) is 54.6 Å². The molecule has 0 unspecified atom stereocenters. The van der Waals surface area contributed by atoms with Gasteiger partial charge in [-0.05, 0) is 61.2 Å². The van der Waals surface area contributed by atoms with E-state index >= 15 is 0 Å². The number of methoxy groups -OCH3 is 1. The van der Waals surface area contributed by atoms with Crippen LogP contribution in [0.3, 0.4) is 0 Å². The summed E-state index contributed by atoms with van der Waals surface area (Å²) in [5.41, 5.74) is 4.00. The van der Waals surface area contributed by atoms with Gasteiger partial charge in [-0.1, -0.05) is 36.4 Å². The largest absolute Gasteiger partial charge is 0.496 e. The normalized spacial score (nSPS) is 15.0. The van der Waals surface area contributed by atoms with E-state index in [4.69, 9.17) is 9.94 Å². The number of ether oxygens (including phenoxy) is 1. The zero-order valence-electron chi connectivity index (χ0n) is 17.7. The highest BCUT2D eigenvalue weighted by molar-refractivity contribution is 5.97. The first-order chi connectivity index (χ1) is 15.1. The van der Waals surface area contributed by atoms with Gasteiger partial charge in [-0.3, -0.25) is 19.7 Å². The lowest BCUT2D eigenvalue weighted by atomic mass is 9.96. The third-order valence-electron chi connectivity index (χ3n) is 5.52. The van der Waals surface area contributed by atoms with Crippen LogP contribution in [0, 0.1) is 5.92 Å². The molecule has 3 N–H and O–H groups in total. The van der Waals surface area contributed by atoms with Crippen LogP contribution < -0.4 is 15.5 Å². The summed E-state index contributed by atoms with van der Waals surface area (Å²) in [6, 6.07) is 15.6. The summed E-state index contributed by atoms with van der Waals surface area (Å²) < 4.78 is 5.35. The van der Waals surface area contributed by atoms with Crippen LogP contribution in [-0.4, -0.2) is 48.7 Å². The number of carbonyl (C=O) groups is 2. The Kier molecular flexibility index (Phi) is 8.20. The minimum Gasteiger partial charge on any atom is -0.496 e. The van der Waals surface area contributed by atoms with E-state index < -0.39 is 5.91 Å². The van der Waals surface area contributed by atoms with E-state index in [-0.39, 0.29) is 5.91 Å². The lowest BCUT2D eigenvalue weighted by Gasteiger charge is -2.32. The number of likely N-dealkylation sites (tertiary alicyclic amines) is 1. The van der Waals surface area contributed by atoms with E-state index in [1.54, 1.807) is 18.2 Å². The summed E-state index contributed by atoms with van der Waals surface area (Å²) in [5, 5.41) is 11.6. The Morgan fingerprint density at radius 1 is 1.16 bits per heavy atom. The fourth-order valence-corrected chi connectivity index (χ4v) is 3.73. The van der Waals surface area contributed by atoms with Gasteiger partial charge in [-0.15, -0.1) is 0 Å². The molecular weight excluding hydrogens is 394 g/mol. The van der Waals surface area contributed by atoms with Crippen LogP contribution in [0.25, 0.3) is 6.08 Å². The second-order valence-corrected chi connectivity index (χ2v) is 7.68.